The summed E-state index contributed by atoms with van der Waals surface area (Å²) in [5, 5.41) is 9.04. The lowest BCUT2D eigenvalue weighted by atomic mass is 10.1. The molecule has 0 saturated carbocycles. The van der Waals surface area contributed by atoms with Crippen LogP contribution in [0.2, 0.25) is 0 Å². The number of hydrogen-bond acceptors (Lipinski definition) is 12. The first-order chi connectivity index (χ1) is 27.3. The summed E-state index contributed by atoms with van der Waals surface area (Å²) in [6.07, 6.45) is 3.91. The summed E-state index contributed by atoms with van der Waals surface area (Å²) in [4.78, 5) is 48.4. The Morgan fingerprint density at radius 3 is 1.64 bits per heavy atom. The predicted octanol–water partition coefficient (Wildman–Crippen LogP) is 7.29. The molecule has 0 unspecified atom stereocenters. The third kappa shape index (κ3) is 9.68. The Balaban J connectivity index is 1.16. The number of carbonyl (C=O) groups is 4. The van der Waals surface area contributed by atoms with Crippen molar-refractivity contribution in [1.82, 2.24) is 0 Å². The summed E-state index contributed by atoms with van der Waals surface area (Å²) in [7, 11) is 0. The standard InChI is InChI=1S/C44H34N2O10/c1-3-40(47)54-27-52-33-18-14-30(15-19-33)43(49)51-24-23-29-13-22-39(56-44(50)31-16-20-34(21-17-31)53-28-55-41(48)4-2)32(25-29)26-45-46-42-37-11-7-5-9-35(37)36-10-6-8-12-38(36)42/h3-22,25-26H,1-2,23-24,27-28H2/b45-26+. The largest absolute Gasteiger partial charge is 0.462 e. The van der Waals surface area contributed by atoms with Crippen LogP contribution in [-0.2, 0) is 30.2 Å². The molecule has 0 saturated heterocycles. The van der Waals surface area contributed by atoms with Crippen molar-refractivity contribution >= 4 is 35.8 Å². The Morgan fingerprint density at radius 2 is 1.11 bits per heavy atom. The first-order valence-electron chi connectivity index (χ1n) is 17.2. The highest BCUT2D eigenvalue weighted by atomic mass is 16.7. The molecule has 0 atom stereocenters. The second-order valence-corrected chi connectivity index (χ2v) is 11.8. The van der Waals surface area contributed by atoms with Crippen molar-refractivity contribution in [3.63, 3.8) is 0 Å². The molecule has 0 N–H and O–H groups in total. The highest BCUT2D eigenvalue weighted by Gasteiger charge is 2.24. The molecule has 0 bridgehead atoms. The fourth-order valence-electron chi connectivity index (χ4n) is 5.51. The van der Waals surface area contributed by atoms with Gasteiger partial charge in [0.25, 0.3) is 0 Å². The van der Waals surface area contributed by atoms with E-state index in [-0.39, 0.29) is 31.5 Å². The van der Waals surface area contributed by atoms with E-state index in [1.807, 2.05) is 48.5 Å². The molecule has 0 radical (unpaired) electrons. The van der Waals surface area contributed by atoms with Crippen molar-refractivity contribution in [2.24, 2.45) is 10.2 Å². The van der Waals surface area contributed by atoms with Crippen molar-refractivity contribution < 1.29 is 47.6 Å². The maximum absolute atomic E-state index is 13.3. The zero-order valence-corrected chi connectivity index (χ0v) is 29.9. The topological polar surface area (TPSA) is 148 Å². The summed E-state index contributed by atoms with van der Waals surface area (Å²) >= 11 is 0. The van der Waals surface area contributed by atoms with E-state index < -0.39 is 23.9 Å². The van der Waals surface area contributed by atoms with Crippen LogP contribution in [0.1, 0.15) is 43.0 Å². The number of carbonyl (C=O) groups excluding carboxylic acids is 4. The molecule has 12 heteroatoms. The van der Waals surface area contributed by atoms with Crippen LogP contribution in [0.5, 0.6) is 17.2 Å². The molecule has 0 amide bonds. The summed E-state index contributed by atoms with van der Waals surface area (Å²) in [5.41, 5.74) is 6.54. The van der Waals surface area contributed by atoms with Gasteiger partial charge in [-0.05, 0) is 77.4 Å². The van der Waals surface area contributed by atoms with Crippen LogP contribution in [0.25, 0.3) is 11.1 Å². The Kier molecular flexibility index (Phi) is 12.6. The van der Waals surface area contributed by atoms with Gasteiger partial charge < -0.3 is 28.4 Å². The van der Waals surface area contributed by atoms with E-state index in [0.29, 0.717) is 34.8 Å². The van der Waals surface area contributed by atoms with E-state index >= 15 is 0 Å². The highest BCUT2D eigenvalue weighted by molar-refractivity contribution is 6.24. The molecule has 6 rings (SSSR count). The monoisotopic (exact) mass is 750 g/mol. The summed E-state index contributed by atoms with van der Waals surface area (Å²) in [5.74, 6) is -1.41. The third-order valence-corrected chi connectivity index (χ3v) is 8.28. The van der Waals surface area contributed by atoms with E-state index in [9.17, 15) is 19.2 Å². The number of esters is 4. The Labute approximate surface area is 321 Å². The molecule has 1 aliphatic carbocycles. The molecule has 0 heterocycles. The highest BCUT2D eigenvalue weighted by Crippen LogP contribution is 2.36. The molecule has 1 aliphatic rings. The van der Waals surface area contributed by atoms with Crippen LogP contribution in [0.4, 0.5) is 0 Å². The summed E-state index contributed by atoms with van der Waals surface area (Å²) in [6.45, 7) is 6.09. The SMILES string of the molecule is C=CC(=O)OCOc1ccc(C(=O)OCCc2ccc(OC(=O)c3ccc(OCOC(=O)C=C)cc3)c(/C=N/N=C3c4ccccc4-c4ccccc43)c2)cc1. The average Bonchev–Trinajstić information content (AvgIpc) is 3.55. The molecule has 5 aromatic carbocycles. The lowest BCUT2D eigenvalue weighted by Gasteiger charge is -2.11. The van der Waals surface area contributed by atoms with Crippen LogP contribution in [0.3, 0.4) is 0 Å². The van der Waals surface area contributed by atoms with Crippen LogP contribution in [-0.4, -0.2) is 56.0 Å². The maximum atomic E-state index is 13.3. The minimum absolute atomic E-state index is 0.0569. The number of nitrogens with zero attached hydrogens (tertiary/aromatic N) is 2. The van der Waals surface area contributed by atoms with E-state index in [1.54, 1.807) is 42.5 Å². The number of rotatable bonds is 16. The molecule has 0 fully saturated rings. The van der Waals surface area contributed by atoms with Gasteiger partial charge in [-0.25, -0.2) is 19.2 Å². The number of fused-ring (bicyclic) bond motifs is 3. The van der Waals surface area contributed by atoms with Gasteiger partial charge in [-0.2, -0.15) is 5.10 Å². The van der Waals surface area contributed by atoms with E-state index in [4.69, 9.17) is 28.4 Å². The molecular weight excluding hydrogens is 716 g/mol. The zero-order chi connectivity index (χ0) is 39.3. The molecule has 0 spiro atoms. The third-order valence-electron chi connectivity index (χ3n) is 8.28. The van der Waals surface area contributed by atoms with Crippen molar-refractivity contribution in [1.29, 1.82) is 0 Å². The number of benzene rings is 5. The lowest BCUT2D eigenvalue weighted by molar-refractivity contribution is -0.145. The fraction of sp³-hybridized carbons (Fsp3) is 0.0909. The molecule has 0 aliphatic heterocycles. The Morgan fingerprint density at radius 1 is 0.589 bits per heavy atom. The fourth-order valence-corrected chi connectivity index (χ4v) is 5.51. The quantitative estimate of drug-likeness (QED) is 0.0188. The molecule has 5 aromatic rings. The molecular formula is C44H34N2O10. The van der Waals surface area contributed by atoms with Gasteiger partial charge in [-0.1, -0.05) is 67.8 Å². The normalized spacial score (nSPS) is 11.1. The predicted molar refractivity (Wildman–Crippen MR) is 207 cm³/mol. The summed E-state index contributed by atoms with van der Waals surface area (Å²) in [6, 6.07) is 33.4. The second kappa shape index (κ2) is 18.4. The van der Waals surface area contributed by atoms with E-state index in [2.05, 4.69) is 23.4 Å². The first kappa shape index (κ1) is 38.1. The van der Waals surface area contributed by atoms with Gasteiger partial charge in [0.2, 0.25) is 13.6 Å². The zero-order valence-electron chi connectivity index (χ0n) is 29.9. The summed E-state index contributed by atoms with van der Waals surface area (Å²) < 4.78 is 31.6. The Bertz CT molecular complexity index is 2280. The second-order valence-electron chi connectivity index (χ2n) is 11.8. The minimum atomic E-state index is -0.634. The van der Waals surface area contributed by atoms with Gasteiger partial charge in [0, 0.05) is 35.3 Å². The van der Waals surface area contributed by atoms with Crippen molar-refractivity contribution in [2.45, 2.75) is 6.42 Å². The van der Waals surface area contributed by atoms with Crippen LogP contribution in [0, 0.1) is 0 Å². The first-order valence-corrected chi connectivity index (χ1v) is 17.2. The van der Waals surface area contributed by atoms with Crippen LogP contribution >= 0.6 is 0 Å². The Hall–Kier alpha value is -7.60. The van der Waals surface area contributed by atoms with Gasteiger partial charge in [0.15, 0.2) is 0 Å². The van der Waals surface area contributed by atoms with Crippen LogP contribution < -0.4 is 14.2 Å². The van der Waals surface area contributed by atoms with Gasteiger partial charge in [0.1, 0.15) is 23.0 Å². The average molecular weight is 751 g/mol. The van der Waals surface area contributed by atoms with Gasteiger partial charge in [-0.3, -0.25) is 0 Å². The molecule has 56 heavy (non-hydrogen) atoms. The number of ether oxygens (including phenoxy) is 6. The van der Waals surface area contributed by atoms with Gasteiger partial charge in [-0.15, -0.1) is 5.10 Å². The van der Waals surface area contributed by atoms with Crippen LogP contribution in [0.15, 0.2) is 151 Å². The lowest BCUT2D eigenvalue weighted by Crippen LogP contribution is -2.11. The molecule has 12 nitrogen and oxygen atoms in total. The molecule has 280 valence electrons. The van der Waals surface area contributed by atoms with E-state index in [0.717, 1.165) is 40.0 Å². The minimum Gasteiger partial charge on any atom is -0.462 e. The van der Waals surface area contributed by atoms with Gasteiger partial charge in [0.05, 0.1) is 23.9 Å². The van der Waals surface area contributed by atoms with Crippen molar-refractivity contribution in [3.05, 3.63) is 174 Å². The van der Waals surface area contributed by atoms with E-state index in [1.165, 1.54) is 30.5 Å². The van der Waals surface area contributed by atoms with Crippen molar-refractivity contribution in [2.75, 3.05) is 20.2 Å². The molecule has 0 aromatic heterocycles. The smallest absolute Gasteiger partial charge is 0.343 e. The van der Waals surface area contributed by atoms with Crippen molar-refractivity contribution in [3.8, 4) is 28.4 Å². The van der Waals surface area contributed by atoms with Gasteiger partial charge >= 0.3 is 23.9 Å². The maximum Gasteiger partial charge on any atom is 0.343 e. The number of hydrogen-bond donors (Lipinski definition) is 0.